The maximum Gasteiger partial charge on any atom is 0.348 e. The molecule has 2 aromatic rings. The van der Waals surface area contributed by atoms with Gasteiger partial charge in [0.1, 0.15) is 9.88 Å². The highest BCUT2D eigenvalue weighted by atomic mass is 32.1. The molecule has 8 heteroatoms. The number of aryl methyl sites for hydroxylation is 3. The van der Waals surface area contributed by atoms with Crippen molar-refractivity contribution in [2.75, 3.05) is 11.9 Å². The molecular weight excluding hydrogens is 372 g/mol. The summed E-state index contributed by atoms with van der Waals surface area (Å²) in [5.74, 6) is -1.54. The van der Waals surface area contributed by atoms with Crippen LogP contribution in [0.1, 0.15) is 54.3 Å². The number of nitrogens with one attached hydrogen (secondary N) is 1. The molecule has 0 aliphatic heterocycles. The van der Waals surface area contributed by atoms with E-state index in [1.165, 1.54) is 22.7 Å². The van der Waals surface area contributed by atoms with Gasteiger partial charge < -0.3 is 15.8 Å². The van der Waals surface area contributed by atoms with Crippen LogP contribution >= 0.6 is 22.7 Å². The second kappa shape index (κ2) is 7.59. The van der Waals surface area contributed by atoms with Crippen molar-refractivity contribution >= 4 is 45.5 Å². The highest BCUT2D eigenvalue weighted by Gasteiger charge is 2.26. The Bertz CT molecular complexity index is 882. The summed E-state index contributed by atoms with van der Waals surface area (Å²) in [6.45, 7) is 3.57. The Morgan fingerprint density at radius 3 is 2.69 bits per heavy atom. The quantitative estimate of drug-likeness (QED) is 0.738. The van der Waals surface area contributed by atoms with Crippen LogP contribution in [0.25, 0.3) is 0 Å². The Labute approximate surface area is 159 Å². The molecule has 0 aromatic carbocycles. The minimum atomic E-state index is -0.544. The van der Waals surface area contributed by atoms with Gasteiger partial charge in [-0.3, -0.25) is 9.59 Å². The zero-order valence-electron chi connectivity index (χ0n) is 14.6. The van der Waals surface area contributed by atoms with Crippen LogP contribution in [0.2, 0.25) is 0 Å². The molecule has 0 saturated carbocycles. The molecule has 0 spiro atoms. The minimum Gasteiger partial charge on any atom is -0.451 e. The van der Waals surface area contributed by atoms with Crippen molar-refractivity contribution in [3.63, 3.8) is 0 Å². The molecule has 6 nitrogen and oxygen atoms in total. The van der Waals surface area contributed by atoms with Gasteiger partial charge in [0.2, 0.25) is 0 Å². The molecule has 0 unspecified atom stereocenters. The van der Waals surface area contributed by atoms with E-state index >= 15 is 0 Å². The van der Waals surface area contributed by atoms with Crippen LogP contribution < -0.4 is 11.1 Å². The van der Waals surface area contributed by atoms with Crippen LogP contribution in [0.3, 0.4) is 0 Å². The molecule has 0 fully saturated rings. The summed E-state index contributed by atoms with van der Waals surface area (Å²) in [6, 6.07) is 1.80. The molecule has 1 aliphatic carbocycles. The second-order valence-corrected chi connectivity index (χ2v) is 8.46. The third-order valence-electron chi connectivity index (χ3n) is 4.36. The summed E-state index contributed by atoms with van der Waals surface area (Å²) in [4.78, 5) is 38.6. The number of ether oxygens (including phenoxy) is 1. The second-order valence-electron chi connectivity index (χ2n) is 6.10. The Morgan fingerprint density at radius 2 is 2.04 bits per heavy atom. The average molecular weight is 393 g/mol. The largest absolute Gasteiger partial charge is 0.451 e. The number of hydrogen-bond acceptors (Lipinski definition) is 6. The fraction of sp³-hybridized carbons (Fsp3) is 0.389. The number of primary amides is 1. The van der Waals surface area contributed by atoms with Gasteiger partial charge in [0.15, 0.2) is 6.61 Å². The van der Waals surface area contributed by atoms with Crippen LogP contribution in [-0.2, 0) is 28.8 Å². The summed E-state index contributed by atoms with van der Waals surface area (Å²) in [5, 5.41) is 3.11. The first-order chi connectivity index (χ1) is 12.4. The number of esters is 1. The Morgan fingerprint density at radius 1 is 1.27 bits per heavy atom. The standard InChI is InChI=1S/C18H20N2O4S2/c1-3-10-7-13(25-9(10)2)18(23)24-8-14(21)20-17-15(16(19)22)11-5-4-6-12(11)26-17/h7H,3-6,8H2,1-2H3,(H2,19,22)(H,20,21). The predicted octanol–water partition coefficient (Wildman–Crippen LogP) is 3.06. The average Bonchev–Trinajstić information content (AvgIpc) is 3.26. The smallest absolute Gasteiger partial charge is 0.348 e. The molecule has 1 aliphatic rings. The fourth-order valence-electron chi connectivity index (χ4n) is 3.09. The van der Waals surface area contributed by atoms with E-state index in [1.54, 1.807) is 6.07 Å². The van der Waals surface area contributed by atoms with Gasteiger partial charge in [0.25, 0.3) is 11.8 Å². The molecule has 2 amide bonds. The van der Waals surface area contributed by atoms with Gasteiger partial charge in [0.05, 0.1) is 5.56 Å². The summed E-state index contributed by atoms with van der Waals surface area (Å²) in [7, 11) is 0. The molecule has 3 rings (SSSR count). The predicted molar refractivity (Wildman–Crippen MR) is 102 cm³/mol. The van der Waals surface area contributed by atoms with Crippen molar-refractivity contribution in [3.05, 3.63) is 37.4 Å². The van der Waals surface area contributed by atoms with Crippen LogP contribution in [0.15, 0.2) is 6.07 Å². The fourth-order valence-corrected chi connectivity index (χ4v) is 5.41. The molecule has 3 N–H and O–H groups in total. The van der Waals surface area contributed by atoms with Crippen molar-refractivity contribution in [2.24, 2.45) is 5.73 Å². The van der Waals surface area contributed by atoms with Crippen molar-refractivity contribution in [3.8, 4) is 0 Å². The van der Waals surface area contributed by atoms with Gasteiger partial charge in [-0.05, 0) is 49.8 Å². The lowest BCUT2D eigenvalue weighted by atomic mass is 10.1. The minimum absolute atomic E-state index is 0.392. The lowest BCUT2D eigenvalue weighted by Gasteiger charge is -2.06. The number of thiophene rings is 2. The number of anilines is 1. The van der Waals surface area contributed by atoms with Gasteiger partial charge in [-0.2, -0.15) is 0 Å². The number of carbonyl (C=O) groups is 3. The zero-order chi connectivity index (χ0) is 18.8. The van der Waals surface area contributed by atoms with E-state index in [-0.39, 0.29) is 0 Å². The SMILES string of the molecule is CCc1cc(C(=O)OCC(=O)Nc2sc3c(c2C(N)=O)CCC3)sc1C. The summed E-state index contributed by atoms with van der Waals surface area (Å²) in [5.41, 5.74) is 7.90. The molecule has 138 valence electrons. The first kappa shape index (κ1) is 18.6. The van der Waals surface area contributed by atoms with Crippen molar-refractivity contribution in [2.45, 2.75) is 39.5 Å². The molecular formula is C18H20N2O4S2. The maximum absolute atomic E-state index is 12.1. The monoisotopic (exact) mass is 392 g/mol. The highest BCUT2D eigenvalue weighted by molar-refractivity contribution is 7.17. The van der Waals surface area contributed by atoms with E-state index in [4.69, 9.17) is 10.5 Å². The zero-order valence-corrected chi connectivity index (χ0v) is 16.3. The van der Waals surface area contributed by atoms with Crippen molar-refractivity contribution in [1.82, 2.24) is 0 Å². The summed E-state index contributed by atoms with van der Waals surface area (Å²) < 4.78 is 5.10. The van der Waals surface area contributed by atoms with Crippen molar-refractivity contribution < 1.29 is 19.1 Å². The first-order valence-electron chi connectivity index (χ1n) is 8.41. The van der Waals surface area contributed by atoms with Crippen molar-refractivity contribution in [1.29, 1.82) is 0 Å². The van der Waals surface area contributed by atoms with Gasteiger partial charge in [-0.15, -0.1) is 22.7 Å². The normalized spacial score (nSPS) is 12.7. The number of amides is 2. The Balaban J connectivity index is 1.63. The van der Waals surface area contributed by atoms with Crippen LogP contribution in [-0.4, -0.2) is 24.4 Å². The Hall–Kier alpha value is -2.19. The molecule has 0 saturated heterocycles. The number of fused-ring (bicyclic) bond motifs is 1. The third kappa shape index (κ3) is 3.66. The molecule has 0 radical (unpaired) electrons. The number of rotatable bonds is 6. The molecule has 0 atom stereocenters. The summed E-state index contributed by atoms with van der Waals surface area (Å²) >= 11 is 2.73. The molecule has 26 heavy (non-hydrogen) atoms. The van der Waals surface area contributed by atoms with Gasteiger partial charge in [0, 0.05) is 9.75 Å². The Kier molecular flexibility index (Phi) is 5.43. The molecule has 2 heterocycles. The van der Waals surface area contributed by atoms with Crippen LogP contribution in [0.5, 0.6) is 0 Å². The van der Waals surface area contributed by atoms with Crippen LogP contribution in [0, 0.1) is 6.92 Å². The highest BCUT2D eigenvalue weighted by Crippen LogP contribution is 2.38. The lowest BCUT2D eigenvalue weighted by molar-refractivity contribution is -0.119. The molecule has 2 aromatic heterocycles. The number of nitrogens with two attached hydrogens (primary N) is 1. The van der Waals surface area contributed by atoms with Gasteiger partial charge in [-0.1, -0.05) is 6.92 Å². The van der Waals surface area contributed by atoms with E-state index in [9.17, 15) is 14.4 Å². The first-order valence-corrected chi connectivity index (χ1v) is 10.0. The third-order valence-corrected chi connectivity index (χ3v) is 6.64. The molecule has 0 bridgehead atoms. The van der Waals surface area contributed by atoms with E-state index in [1.807, 2.05) is 13.8 Å². The van der Waals surface area contributed by atoms with Gasteiger partial charge in [-0.25, -0.2) is 4.79 Å². The number of carbonyl (C=O) groups excluding carboxylic acids is 3. The topological polar surface area (TPSA) is 98.5 Å². The number of hydrogen-bond donors (Lipinski definition) is 2. The van der Waals surface area contributed by atoms with Gasteiger partial charge >= 0.3 is 5.97 Å². The van der Waals surface area contributed by atoms with E-state index in [2.05, 4.69) is 5.32 Å². The van der Waals surface area contributed by atoms with E-state index in [0.29, 0.717) is 15.4 Å². The van der Waals surface area contributed by atoms with E-state index in [0.717, 1.165) is 46.6 Å². The summed E-state index contributed by atoms with van der Waals surface area (Å²) in [6.07, 6.45) is 3.53. The van der Waals surface area contributed by atoms with E-state index < -0.39 is 24.4 Å². The lowest BCUT2D eigenvalue weighted by Crippen LogP contribution is -2.22. The maximum atomic E-state index is 12.1. The van der Waals surface area contributed by atoms with Crippen LogP contribution in [0.4, 0.5) is 5.00 Å².